The summed E-state index contributed by atoms with van der Waals surface area (Å²) in [7, 11) is 0. The van der Waals surface area contributed by atoms with Crippen molar-refractivity contribution >= 4 is 17.5 Å². The number of hydrogen-bond acceptors (Lipinski definition) is 3. The number of aryl methyl sites for hydroxylation is 1. The summed E-state index contributed by atoms with van der Waals surface area (Å²) in [5, 5.41) is 3.28. The van der Waals surface area contributed by atoms with Crippen LogP contribution in [0.3, 0.4) is 0 Å². The third-order valence-electron chi connectivity index (χ3n) is 5.48. The highest BCUT2D eigenvalue weighted by Crippen LogP contribution is 2.31. The molecule has 156 valence electrons. The molecule has 2 amide bonds. The highest BCUT2D eigenvalue weighted by Gasteiger charge is 2.34. The Bertz CT molecular complexity index is 1170. The highest BCUT2D eigenvalue weighted by atomic mass is 19.1. The van der Waals surface area contributed by atoms with Crippen LogP contribution in [-0.2, 0) is 4.79 Å². The number of carbonyl (C=O) groups is 2. The Balaban J connectivity index is 1.80. The van der Waals surface area contributed by atoms with Gasteiger partial charge in [0, 0.05) is 17.8 Å². The van der Waals surface area contributed by atoms with E-state index in [1.807, 2.05) is 43.4 Å². The van der Waals surface area contributed by atoms with Crippen molar-refractivity contribution in [2.45, 2.75) is 13.8 Å². The number of fused-ring (bicyclic) bond motifs is 1. The van der Waals surface area contributed by atoms with Crippen LogP contribution in [0.4, 0.5) is 10.1 Å². The molecule has 5 heteroatoms. The molecule has 0 spiro atoms. The maximum atomic E-state index is 14.2. The van der Waals surface area contributed by atoms with E-state index < -0.39 is 17.6 Å². The lowest BCUT2D eigenvalue weighted by atomic mass is 9.89. The summed E-state index contributed by atoms with van der Waals surface area (Å²) in [5.74, 6) is -2.06. The van der Waals surface area contributed by atoms with Gasteiger partial charge in [0.2, 0.25) is 5.91 Å². The molecule has 0 aromatic heterocycles. The molecule has 1 aliphatic carbocycles. The van der Waals surface area contributed by atoms with Crippen LogP contribution < -0.4 is 10.2 Å². The van der Waals surface area contributed by atoms with Crippen molar-refractivity contribution in [3.05, 3.63) is 113 Å². The first-order chi connectivity index (χ1) is 15.0. The summed E-state index contributed by atoms with van der Waals surface area (Å²) >= 11 is 0. The van der Waals surface area contributed by atoms with E-state index in [1.54, 1.807) is 37.3 Å². The molecule has 4 nitrogen and oxygen atoms in total. The predicted octanol–water partition coefficient (Wildman–Crippen LogP) is 4.77. The summed E-state index contributed by atoms with van der Waals surface area (Å²) in [6.45, 7) is 4.10. The molecule has 1 aliphatic heterocycles. The van der Waals surface area contributed by atoms with Crippen LogP contribution in [0.5, 0.6) is 0 Å². The molecule has 2 aromatic rings. The summed E-state index contributed by atoms with van der Waals surface area (Å²) < 4.78 is 14.2. The van der Waals surface area contributed by atoms with Crippen LogP contribution in [0.1, 0.15) is 21.5 Å². The normalized spacial score (nSPS) is 17.1. The smallest absolute Gasteiger partial charge is 0.265 e. The van der Waals surface area contributed by atoms with E-state index in [4.69, 9.17) is 0 Å². The van der Waals surface area contributed by atoms with Crippen molar-refractivity contribution < 1.29 is 14.0 Å². The molecule has 2 aromatic carbocycles. The van der Waals surface area contributed by atoms with Gasteiger partial charge in [-0.25, -0.2) is 9.29 Å². The highest BCUT2D eigenvalue weighted by molar-refractivity contribution is 6.23. The minimum atomic E-state index is -0.645. The zero-order valence-corrected chi connectivity index (χ0v) is 17.4. The summed E-state index contributed by atoms with van der Waals surface area (Å²) in [6.07, 6.45) is 11.3. The largest absolute Gasteiger partial charge is 0.381 e. The molecular weight excluding hydrogens is 391 g/mol. The molecular formula is C26H23FN2O2. The standard InChI is InChI=1S/C26H23FN2O2/c1-17-8-5-9-19(16-17)29(25(30)20-11-6-13-23(27)18(20)2)26(31)22-12-7-14-24-21(22)10-3-4-15-28-24/h3-14,16,22,28H,15H2,1-2H3. The lowest BCUT2D eigenvalue weighted by Crippen LogP contribution is -2.42. The molecule has 0 saturated carbocycles. The maximum absolute atomic E-state index is 14.2. The topological polar surface area (TPSA) is 49.4 Å². The molecule has 0 fully saturated rings. The summed E-state index contributed by atoms with van der Waals surface area (Å²) in [6, 6.07) is 11.5. The fourth-order valence-corrected chi connectivity index (χ4v) is 3.82. The summed E-state index contributed by atoms with van der Waals surface area (Å²) in [5.41, 5.74) is 3.40. The number of nitrogens with zero attached hydrogens (tertiary/aromatic N) is 1. The van der Waals surface area contributed by atoms with Crippen molar-refractivity contribution in [3.63, 3.8) is 0 Å². The van der Waals surface area contributed by atoms with E-state index in [2.05, 4.69) is 5.32 Å². The van der Waals surface area contributed by atoms with Gasteiger partial charge in [0.25, 0.3) is 5.91 Å². The molecule has 1 heterocycles. The van der Waals surface area contributed by atoms with Crippen molar-refractivity contribution in [1.29, 1.82) is 0 Å². The van der Waals surface area contributed by atoms with Gasteiger partial charge in [-0.15, -0.1) is 0 Å². The Kier molecular flexibility index (Phi) is 5.67. The van der Waals surface area contributed by atoms with E-state index in [-0.39, 0.29) is 17.0 Å². The zero-order chi connectivity index (χ0) is 22.0. The monoisotopic (exact) mass is 414 g/mol. The SMILES string of the molecule is Cc1cccc(N(C(=O)c2cccc(F)c2C)C(=O)C2C=CC=C3NCC=CC=C32)c1. The van der Waals surface area contributed by atoms with E-state index >= 15 is 0 Å². The average Bonchev–Trinajstić information content (AvgIpc) is 3.01. The second-order valence-electron chi connectivity index (χ2n) is 7.60. The lowest BCUT2D eigenvalue weighted by molar-refractivity contribution is -0.119. The number of allylic oxidation sites excluding steroid dienone is 5. The van der Waals surface area contributed by atoms with Gasteiger partial charge in [-0.1, -0.05) is 48.6 Å². The van der Waals surface area contributed by atoms with Gasteiger partial charge >= 0.3 is 0 Å². The Labute approximate surface area is 181 Å². The molecule has 4 rings (SSSR count). The number of hydrogen-bond donors (Lipinski definition) is 1. The van der Waals surface area contributed by atoms with Crippen LogP contribution in [0.2, 0.25) is 0 Å². The number of benzene rings is 2. The fourth-order valence-electron chi connectivity index (χ4n) is 3.82. The second kappa shape index (κ2) is 8.56. The molecule has 1 N–H and O–H groups in total. The van der Waals surface area contributed by atoms with E-state index in [1.165, 1.54) is 17.0 Å². The minimum absolute atomic E-state index is 0.165. The Hall–Kier alpha value is -3.73. The van der Waals surface area contributed by atoms with Gasteiger partial charge in [0.15, 0.2) is 0 Å². The first kappa shape index (κ1) is 20.5. The van der Waals surface area contributed by atoms with Crippen LogP contribution in [0.25, 0.3) is 0 Å². The number of rotatable bonds is 3. The van der Waals surface area contributed by atoms with Crippen molar-refractivity contribution in [2.24, 2.45) is 5.92 Å². The molecule has 1 unspecified atom stereocenters. The average molecular weight is 414 g/mol. The predicted molar refractivity (Wildman–Crippen MR) is 120 cm³/mol. The number of amides is 2. The van der Waals surface area contributed by atoms with Crippen LogP contribution in [-0.4, -0.2) is 18.4 Å². The third-order valence-corrected chi connectivity index (χ3v) is 5.48. The van der Waals surface area contributed by atoms with E-state index in [0.717, 1.165) is 16.8 Å². The number of anilines is 1. The van der Waals surface area contributed by atoms with Crippen LogP contribution in [0.15, 0.2) is 90.2 Å². The Morgan fingerprint density at radius 3 is 2.68 bits per heavy atom. The van der Waals surface area contributed by atoms with E-state index in [0.29, 0.717) is 12.2 Å². The van der Waals surface area contributed by atoms with Gasteiger partial charge in [-0.05, 0) is 60.9 Å². The van der Waals surface area contributed by atoms with E-state index in [9.17, 15) is 14.0 Å². The van der Waals surface area contributed by atoms with Gasteiger partial charge in [-0.3, -0.25) is 9.59 Å². The number of nitrogens with one attached hydrogen (secondary N) is 1. The molecule has 0 saturated heterocycles. The Morgan fingerprint density at radius 2 is 1.87 bits per heavy atom. The molecule has 0 bridgehead atoms. The second-order valence-corrected chi connectivity index (χ2v) is 7.60. The number of carbonyl (C=O) groups excluding carboxylic acids is 2. The zero-order valence-electron chi connectivity index (χ0n) is 17.4. The molecule has 0 radical (unpaired) electrons. The lowest BCUT2D eigenvalue weighted by Gasteiger charge is -2.28. The number of halogens is 1. The van der Waals surface area contributed by atoms with Gasteiger partial charge in [-0.2, -0.15) is 0 Å². The molecule has 31 heavy (non-hydrogen) atoms. The Morgan fingerprint density at radius 1 is 1.06 bits per heavy atom. The first-order valence-electron chi connectivity index (χ1n) is 10.2. The van der Waals surface area contributed by atoms with Crippen molar-refractivity contribution in [3.8, 4) is 0 Å². The third kappa shape index (κ3) is 3.99. The first-order valence-corrected chi connectivity index (χ1v) is 10.2. The maximum Gasteiger partial charge on any atom is 0.265 e. The van der Waals surface area contributed by atoms with Gasteiger partial charge < -0.3 is 5.32 Å². The van der Waals surface area contributed by atoms with Crippen molar-refractivity contribution in [2.75, 3.05) is 11.4 Å². The van der Waals surface area contributed by atoms with Crippen LogP contribution in [0, 0.1) is 25.6 Å². The number of imide groups is 1. The minimum Gasteiger partial charge on any atom is -0.381 e. The van der Waals surface area contributed by atoms with Gasteiger partial charge in [0.1, 0.15) is 5.82 Å². The molecule has 2 aliphatic rings. The summed E-state index contributed by atoms with van der Waals surface area (Å²) in [4.78, 5) is 28.6. The molecule has 1 atom stereocenters. The fraction of sp³-hybridized carbons (Fsp3) is 0.154. The van der Waals surface area contributed by atoms with Crippen LogP contribution >= 0.6 is 0 Å². The quantitative estimate of drug-likeness (QED) is 0.736. The van der Waals surface area contributed by atoms with Crippen molar-refractivity contribution in [1.82, 2.24) is 5.32 Å². The van der Waals surface area contributed by atoms with Gasteiger partial charge in [0.05, 0.1) is 11.6 Å².